The molecule has 2 amide bonds. The van der Waals surface area contributed by atoms with Gasteiger partial charge in [0.2, 0.25) is 11.8 Å². The smallest absolute Gasteiger partial charge is 0.446 e. The van der Waals surface area contributed by atoms with E-state index in [0.29, 0.717) is 29.4 Å². The number of amides is 2. The minimum atomic E-state index is -1.30. The van der Waals surface area contributed by atoms with Gasteiger partial charge in [0, 0.05) is 54.0 Å². The van der Waals surface area contributed by atoms with E-state index in [2.05, 4.69) is 37.3 Å². The van der Waals surface area contributed by atoms with Gasteiger partial charge in [0.15, 0.2) is 5.52 Å². The monoisotopic (exact) mass is 705 g/mol. The van der Waals surface area contributed by atoms with Gasteiger partial charge in [0.25, 0.3) is 5.82 Å². The summed E-state index contributed by atoms with van der Waals surface area (Å²) in [6.45, 7) is 3.21. The van der Waals surface area contributed by atoms with Crippen molar-refractivity contribution in [3.8, 4) is 11.8 Å². The van der Waals surface area contributed by atoms with Gasteiger partial charge in [-0.15, -0.1) is 16.3 Å². The lowest BCUT2D eigenvalue weighted by Crippen LogP contribution is -2.49. The highest BCUT2D eigenvalue weighted by atomic mass is 32.2. The lowest BCUT2D eigenvalue weighted by Gasteiger charge is -2.42. The average Bonchev–Trinajstić information content (AvgIpc) is 3.92. The summed E-state index contributed by atoms with van der Waals surface area (Å²) in [6, 6.07) is 7.39. The fourth-order valence-electron chi connectivity index (χ4n) is 7.15. The zero-order valence-electron chi connectivity index (χ0n) is 27.5. The number of benzene rings is 2. The third-order valence-electron chi connectivity index (χ3n) is 10.0. The number of carboxylic acid groups (broad SMARTS) is 1. The Morgan fingerprint density at radius 3 is 2.42 bits per heavy atom. The molecule has 50 heavy (non-hydrogen) atoms. The number of anilines is 2. The number of hydrogen-bond donors (Lipinski definition) is 4. The van der Waals surface area contributed by atoms with Crippen molar-refractivity contribution in [1.29, 1.82) is 0 Å². The Balaban J connectivity index is 0.923. The Hall–Kier alpha value is -4.48. The lowest BCUT2D eigenvalue weighted by molar-refractivity contribution is -0.568. The highest BCUT2D eigenvalue weighted by Crippen LogP contribution is 2.32. The molecular formula is C36H39F2N6O5S+. The Morgan fingerprint density at radius 1 is 0.980 bits per heavy atom. The molecule has 1 saturated carbocycles. The van der Waals surface area contributed by atoms with Gasteiger partial charge in [-0.3, -0.25) is 14.9 Å². The van der Waals surface area contributed by atoms with Crippen LogP contribution in [-0.2, 0) is 15.3 Å². The highest BCUT2D eigenvalue weighted by molar-refractivity contribution is 7.99. The molecule has 2 aromatic carbocycles. The Morgan fingerprint density at radius 2 is 1.74 bits per heavy atom. The first kappa shape index (κ1) is 34.0. The minimum Gasteiger partial charge on any atom is -0.446 e. The number of likely N-dealkylation sites (tertiary alicyclic amines) is 1. The Bertz CT molecular complexity index is 1960. The normalized spacial score (nSPS) is 20.8. The summed E-state index contributed by atoms with van der Waals surface area (Å²) < 4.78 is 31.1. The zero-order chi connectivity index (χ0) is 34.9. The van der Waals surface area contributed by atoms with E-state index in [1.54, 1.807) is 23.9 Å². The van der Waals surface area contributed by atoms with E-state index in [0.717, 1.165) is 69.3 Å². The van der Waals surface area contributed by atoms with Crippen molar-refractivity contribution in [2.24, 2.45) is 5.92 Å². The number of rotatable bonds is 7. The molecule has 1 aliphatic carbocycles. The van der Waals surface area contributed by atoms with Crippen LogP contribution >= 0.6 is 11.8 Å². The van der Waals surface area contributed by atoms with E-state index >= 15 is 4.39 Å². The van der Waals surface area contributed by atoms with Crippen LogP contribution < -0.4 is 25.7 Å². The third kappa shape index (κ3) is 7.49. The van der Waals surface area contributed by atoms with Gasteiger partial charge in [-0.05, 0) is 82.3 Å². The molecule has 0 bridgehead atoms. The van der Waals surface area contributed by atoms with Crippen molar-refractivity contribution in [3.05, 3.63) is 63.7 Å². The third-order valence-corrected chi connectivity index (χ3v) is 11.4. The van der Waals surface area contributed by atoms with Crippen LogP contribution in [-0.4, -0.2) is 76.4 Å². The number of aromatic nitrogens is 2. The second-order valence-corrected chi connectivity index (χ2v) is 14.8. The summed E-state index contributed by atoms with van der Waals surface area (Å²) in [5.74, 6) is 4.89. The first-order chi connectivity index (χ1) is 24.1. The first-order valence-electron chi connectivity index (χ1n) is 17.2. The van der Waals surface area contributed by atoms with Crippen LogP contribution in [0.4, 0.5) is 25.0 Å². The van der Waals surface area contributed by atoms with Crippen molar-refractivity contribution in [3.63, 3.8) is 0 Å². The maximum absolute atomic E-state index is 15.2. The van der Waals surface area contributed by atoms with E-state index in [1.165, 1.54) is 18.2 Å². The molecule has 1 atom stereocenters. The number of fused-ring (bicyclic) bond motifs is 1. The summed E-state index contributed by atoms with van der Waals surface area (Å²) in [6.07, 6.45) is 4.93. The molecule has 3 aliphatic heterocycles. The van der Waals surface area contributed by atoms with E-state index in [9.17, 15) is 28.7 Å². The van der Waals surface area contributed by atoms with Gasteiger partial charge in [0.05, 0.1) is 11.4 Å². The summed E-state index contributed by atoms with van der Waals surface area (Å²) in [5, 5.41) is 15.4. The molecule has 4 fully saturated rings. The molecular weight excluding hydrogens is 666 g/mol. The first-order valence-corrected chi connectivity index (χ1v) is 18.2. The van der Waals surface area contributed by atoms with Crippen LogP contribution in [0.3, 0.4) is 0 Å². The number of nitrogens with zero attached hydrogens (tertiary/aromatic N) is 3. The van der Waals surface area contributed by atoms with Gasteiger partial charge < -0.3 is 20.2 Å². The average molecular weight is 706 g/mol. The summed E-state index contributed by atoms with van der Waals surface area (Å²) in [5.41, 5.74) is 0.716. The quantitative estimate of drug-likeness (QED) is 0.164. The standard InChI is InChI=1S/C36H38F2N6O5S/c37-26-19-23(39-28-6-8-32(45)41-34(28)46)5-7-29(26)43-13-9-24(10-14-43)42-15-11-25(12-16-42)50-20-31-40-35(47)33-27(38)17-22(4-3-21-1-2-21)18-30(33)44(31)36(48)49/h5,7,17-19,21,24-25,28,39H,1-2,6,8-16,20H2,(H2,41,45,46,48,49)/p+1. The fraction of sp³-hybridized carbons (Fsp3) is 0.472. The molecule has 4 aliphatic rings. The van der Waals surface area contributed by atoms with Gasteiger partial charge >= 0.3 is 11.7 Å². The summed E-state index contributed by atoms with van der Waals surface area (Å²) in [7, 11) is 0. The molecule has 0 spiro atoms. The second-order valence-electron chi connectivity index (χ2n) is 13.5. The maximum Gasteiger partial charge on any atom is 0.509 e. The zero-order valence-corrected chi connectivity index (χ0v) is 28.3. The maximum atomic E-state index is 15.2. The van der Waals surface area contributed by atoms with E-state index in [1.807, 2.05) is 0 Å². The minimum absolute atomic E-state index is 0.00201. The molecule has 1 unspecified atom stereocenters. The van der Waals surface area contributed by atoms with Crippen LogP contribution in [0.1, 0.15) is 62.8 Å². The van der Waals surface area contributed by atoms with E-state index < -0.39 is 29.4 Å². The lowest BCUT2D eigenvalue weighted by atomic mass is 9.99. The molecule has 11 nitrogen and oxygen atoms in total. The fourth-order valence-corrected chi connectivity index (χ4v) is 8.29. The SMILES string of the molecule is O=C1CCC(Nc2ccc(N3CCC(N4CCC(SCc5[nH]c(=O)c6c(F)cc(C#CC7CC7)cc6[n+]5C(=O)O)CC4)CC3)c(F)c2)C(=O)N1. The van der Waals surface area contributed by atoms with Crippen molar-refractivity contribution < 1.29 is 32.8 Å². The van der Waals surface area contributed by atoms with Gasteiger partial charge in [0.1, 0.15) is 23.1 Å². The number of thioether (sulfide) groups is 1. The van der Waals surface area contributed by atoms with Crippen LogP contribution in [0.2, 0.25) is 0 Å². The molecule has 3 aromatic rings. The van der Waals surface area contributed by atoms with Gasteiger partial charge in [-0.2, -0.15) is 4.79 Å². The molecule has 3 saturated heterocycles. The summed E-state index contributed by atoms with van der Waals surface area (Å²) >= 11 is 1.60. The molecule has 0 radical (unpaired) electrons. The van der Waals surface area contributed by atoms with Crippen molar-refractivity contribution in [2.45, 2.75) is 74.5 Å². The summed E-state index contributed by atoms with van der Waals surface area (Å²) in [4.78, 5) is 55.9. The number of piperidine rings is 3. The number of carbonyl (C=O) groups excluding carboxylic acids is 2. The number of carbonyl (C=O) groups is 3. The predicted octanol–water partition coefficient (Wildman–Crippen LogP) is 3.97. The molecule has 7 rings (SSSR count). The molecule has 4 N–H and O–H groups in total. The number of aromatic amines is 1. The number of H-pyrrole nitrogens is 1. The highest BCUT2D eigenvalue weighted by Gasteiger charge is 2.32. The molecule has 262 valence electrons. The van der Waals surface area contributed by atoms with Crippen molar-refractivity contribution >= 4 is 51.9 Å². The van der Waals surface area contributed by atoms with E-state index in [-0.39, 0.29) is 51.8 Å². The van der Waals surface area contributed by atoms with E-state index in [4.69, 9.17) is 0 Å². The van der Waals surface area contributed by atoms with Crippen molar-refractivity contribution in [2.75, 3.05) is 36.4 Å². The topological polar surface area (TPSA) is 139 Å². The Labute approximate surface area is 291 Å². The second kappa shape index (κ2) is 14.4. The van der Waals surface area contributed by atoms with Crippen LogP contribution in [0.5, 0.6) is 0 Å². The van der Waals surface area contributed by atoms with Crippen molar-refractivity contribution in [1.82, 2.24) is 15.2 Å². The molecule has 1 aromatic heterocycles. The Kier molecular flexibility index (Phi) is 9.79. The largest absolute Gasteiger partial charge is 0.509 e. The number of imide groups is 1. The van der Waals surface area contributed by atoms with Crippen LogP contribution in [0, 0.1) is 29.4 Å². The molecule has 14 heteroatoms. The number of nitrogens with one attached hydrogen (secondary N) is 3. The molecule has 4 heterocycles. The van der Waals surface area contributed by atoms with Crippen LogP contribution in [0.25, 0.3) is 10.9 Å². The van der Waals surface area contributed by atoms with Gasteiger partial charge in [-0.1, -0.05) is 11.8 Å². The van der Waals surface area contributed by atoms with Gasteiger partial charge in [-0.25, -0.2) is 18.6 Å². The van der Waals surface area contributed by atoms with Crippen LogP contribution in [0.15, 0.2) is 35.1 Å². The predicted molar refractivity (Wildman–Crippen MR) is 185 cm³/mol. The number of halogens is 2. The number of hydrogen-bond acceptors (Lipinski definition) is 8.